The molecule has 1 aliphatic heterocycles. The summed E-state index contributed by atoms with van der Waals surface area (Å²) in [6.45, 7) is 6.99. The second-order valence-electron chi connectivity index (χ2n) is 11.2. The molecule has 0 radical (unpaired) electrons. The fourth-order valence-corrected chi connectivity index (χ4v) is 8.16. The van der Waals surface area contributed by atoms with Gasteiger partial charge < -0.3 is 14.8 Å². The van der Waals surface area contributed by atoms with Crippen molar-refractivity contribution in [2.45, 2.75) is 65.3 Å². The van der Waals surface area contributed by atoms with Gasteiger partial charge in [-0.15, -0.1) is 0 Å². The molecule has 0 saturated heterocycles. The van der Waals surface area contributed by atoms with Crippen molar-refractivity contribution < 1.29 is 19.1 Å². The number of carbonyl (C=O) groups excluding carboxylic acids is 2. The van der Waals surface area contributed by atoms with Crippen LogP contribution in [0.1, 0.15) is 59.3 Å². The summed E-state index contributed by atoms with van der Waals surface area (Å²) in [5.41, 5.74) is -0.0277. The summed E-state index contributed by atoms with van der Waals surface area (Å²) in [5.74, 6) is 3.37. The van der Waals surface area contributed by atoms with Crippen molar-refractivity contribution in [3.05, 3.63) is 36.4 Å². The number of rotatable bonds is 4. The van der Waals surface area contributed by atoms with Crippen LogP contribution in [-0.2, 0) is 9.59 Å². The fraction of sp³-hybridized carbons (Fsp3) is 0.643. The van der Waals surface area contributed by atoms with Gasteiger partial charge in [-0.2, -0.15) is 0 Å². The maximum atomic E-state index is 13.4. The zero-order valence-electron chi connectivity index (χ0n) is 20.3. The first kappa shape index (κ1) is 22.5. The number of nitrogens with one attached hydrogen (secondary N) is 1. The molecule has 3 fully saturated rings. The lowest BCUT2D eigenvalue weighted by molar-refractivity contribution is -0.149. The van der Waals surface area contributed by atoms with Gasteiger partial charge in [-0.05, 0) is 79.4 Å². The highest BCUT2D eigenvalue weighted by Gasteiger charge is 2.63. The first-order valence-corrected chi connectivity index (χ1v) is 12.7. The lowest BCUT2D eigenvalue weighted by Crippen LogP contribution is -2.62. The van der Waals surface area contributed by atoms with Gasteiger partial charge in [-0.1, -0.05) is 39.3 Å². The molecule has 0 unspecified atom stereocenters. The van der Waals surface area contributed by atoms with E-state index in [0.717, 1.165) is 38.5 Å². The van der Waals surface area contributed by atoms with Gasteiger partial charge in [0.2, 0.25) is 5.91 Å². The lowest BCUT2D eigenvalue weighted by atomic mass is 9.45. The van der Waals surface area contributed by atoms with E-state index in [1.165, 1.54) is 0 Å². The van der Waals surface area contributed by atoms with Crippen LogP contribution in [-0.4, -0.2) is 25.0 Å². The second-order valence-corrected chi connectivity index (χ2v) is 11.2. The number of amides is 1. The van der Waals surface area contributed by atoms with E-state index in [9.17, 15) is 9.59 Å². The number of carbonyl (C=O) groups is 2. The van der Waals surface area contributed by atoms with Gasteiger partial charge >= 0.3 is 5.97 Å². The third-order valence-corrected chi connectivity index (χ3v) is 9.94. The summed E-state index contributed by atoms with van der Waals surface area (Å²) < 4.78 is 11.2. The minimum absolute atomic E-state index is 0.00473. The van der Waals surface area contributed by atoms with Crippen LogP contribution >= 0.6 is 0 Å². The molecule has 4 aliphatic rings. The summed E-state index contributed by atoms with van der Waals surface area (Å²) in [6.07, 6.45) is 10.2. The van der Waals surface area contributed by atoms with Crippen molar-refractivity contribution in [3.8, 4) is 11.5 Å². The van der Waals surface area contributed by atoms with E-state index in [1.54, 1.807) is 19.3 Å². The molecular weight excluding hydrogens is 414 g/mol. The monoisotopic (exact) mass is 451 g/mol. The molecule has 5 rings (SSSR count). The Hall–Kier alpha value is -2.30. The average Bonchev–Trinajstić information content (AvgIpc) is 3.16. The summed E-state index contributed by atoms with van der Waals surface area (Å²) in [5, 5.41) is 3.28. The third kappa shape index (κ3) is 3.50. The Kier molecular flexibility index (Phi) is 5.57. The number of ether oxygens (including phenoxy) is 2. The number of hydrogen-bond donors (Lipinski definition) is 1. The SMILES string of the molecule is CC[C@H]1C[C@H]2NC(=O)C=C[C@]2(C)[C@H]2CC[C@]3(C)[C@@H](C(=O)Oc4cccc(OC)c4)CC[C@H]3[C@H]12. The van der Waals surface area contributed by atoms with E-state index in [0.29, 0.717) is 35.2 Å². The van der Waals surface area contributed by atoms with Crippen molar-refractivity contribution in [3.63, 3.8) is 0 Å². The van der Waals surface area contributed by atoms with Gasteiger partial charge in [0.05, 0.1) is 13.0 Å². The molecular formula is C28H37NO4. The maximum absolute atomic E-state index is 13.4. The average molecular weight is 452 g/mol. The van der Waals surface area contributed by atoms with E-state index in [2.05, 4.69) is 32.2 Å². The van der Waals surface area contributed by atoms with Crippen molar-refractivity contribution in [2.75, 3.05) is 7.11 Å². The van der Waals surface area contributed by atoms with Crippen molar-refractivity contribution in [1.29, 1.82) is 0 Å². The fourth-order valence-electron chi connectivity index (χ4n) is 8.16. The van der Waals surface area contributed by atoms with Crippen LogP contribution in [0.25, 0.3) is 0 Å². The highest BCUT2D eigenvalue weighted by Crippen LogP contribution is 2.66. The van der Waals surface area contributed by atoms with E-state index >= 15 is 0 Å². The molecule has 33 heavy (non-hydrogen) atoms. The minimum atomic E-state index is -0.0931. The van der Waals surface area contributed by atoms with Gasteiger partial charge in [0.25, 0.3) is 0 Å². The number of esters is 1. The summed E-state index contributed by atoms with van der Waals surface area (Å²) >= 11 is 0. The Morgan fingerprint density at radius 2 is 1.94 bits per heavy atom. The van der Waals surface area contributed by atoms with Crippen LogP contribution in [0.15, 0.2) is 36.4 Å². The van der Waals surface area contributed by atoms with Gasteiger partial charge in [0, 0.05) is 17.5 Å². The van der Waals surface area contributed by atoms with Crippen molar-refractivity contribution >= 4 is 11.9 Å². The quantitative estimate of drug-likeness (QED) is 0.508. The van der Waals surface area contributed by atoms with Crippen molar-refractivity contribution in [1.82, 2.24) is 5.32 Å². The van der Waals surface area contributed by atoms with Gasteiger partial charge in [-0.25, -0.2) is 0 Å². The van der Waals surface area contributed by atoms with Crippen LogP contribution < -0.4 is 14.8 Å². The molecule has 0 spiro atoms. The summed E-state index contributed by atoms with van der Waals surface area (Å²) in [6, 6.07) is 7.54. The van der Waals surface area contributed by atoms with Crippen LogP contribution in [0.5, 0.6) is 11.5 Å². The molecule has 1 heterocycles. The van der Waals surface area contributed by atoms with E-state index < -0.39 is 0 Å². The van der Waals surface area contributed by atoms with Crippen LogP contribution in [0, 0.1) is 40.4 Å². The first-order valence-electron chi connectivity index (χ1n) is 12.7. The molecule has 178 valence electrons. The van der Waals surface area contributed by atoms with Gasteiger partial charge in [0.15, 0.2) is 0 Å². The highest BCUT2D eigenvalue weighted by molar-refractivity contribution is 5.89. The molecule has 3 aliphatic carbocycles. The number of hydrogen-bond acceptors (Lipinski definition) is 4. The van der Waals surface area contributed by atoms with E-state index in [1.807, 2.05) is 18.2 Å². The molecule has 8 atom stereocenters. The number of methoxy groups -OCH3 is 1. The third-order valence-electron chi connectivity index (χ3n) is 9.94. The highest BCUT2D eigenvalue weighted by atomic mass is 16.5. The van der Waals surface area contributed by atoms with E-state index in [-0.39, 0.29) is 34.7 Å². The zero-order chi connectivity index (χ0) is 23.4. The molecule has 0 bridgehead atoms. The molecule has 5 nitrogen and oxygen atoms in total. The van der Waals surface area contributed by atoms with E-state index in [4.69, 9.17) is 9.47 Å². The lowest BCUT2D eigenvalue weighted by Gasteiger charge is -2.61. The van der Waals surface area contributed by atoms with Gasteiger partial charge in [0.1, 0.15) is 11.5 Å². The Balaban J connectivity index is 1.41. The number of fused-ring (bicyclic) bond motifs is 5. The second kappa shape index (κ2) is 8.18. The smallest absolute Gasteiger partial charge is 0.314 e. The molecule has 3 saturated carbocycles. The molecule has 1 aromatic rings. The minimum Gasteiger partial charge on any atom is -0.497 e. The Labute approximate surface area is 197 Å². The normalized spacial score (nSPS) is 41.4. The molecule has 0 aromatic heterocycles. The van der Waals surface area contributed by atoms with Crippen LogP contribution in [0.4, 0.5) is 0 Å². The number of benzene rings is 1. The molecule has 5 heteroatoms. The molecule has 1 aromatic carbocycles. The van der Waals surface area contributed by atoms with Gasteiger partial charge in [-0.3, -0.25) is 9.59 Å². The van der Waals surface area contributed by atoms with Crippen LogP contribution in [0.3, 0.4) is 0 Å². The predicted octanol–water partition coefficient (Wildman–Crippen LogP) is 5.15. The Morgan fingerprint density at radius 1 is 1.15 bits per heavy atom. The standard InChI is InChI=1S/C28H37NO4/c1-5-17-15-23-28(3,14-12-24(30)29-23)21-11-13-27(2)20(25(17)21)9-10-22(27)26(31)33-19-8-6-7-18(16-19)32-4/h6-8,12,14,16-17,20-23,25H,5,9-11,13,15H2,1-4H3,(H,29,30)/t17-,20-,21-,22+,23+,25-,27-,28+/m0/s1. The topological polar surface area (TPSA) is 64.6 Å². The molecule has 1 amide bonds. The largest absolute Gasteiger partial charge is 0.497 e. The first-order chi connectivity index (χ1) is 15.8. The molecule has 1 N–H and O–H groups in total. The maximum Gasteiger partial charge on any atom is 0.314 e. The Morgan fingerprint density at radius 3 is 2.70 bits per heavy atom. The zero-order valence-corrected chi connectivity index (χ0v) is 20.3. The Bertz CT molecular complexity index is 972. The van der Waals surface area contributed by atoms with Crippen LogP contribution in [0.2, 0.25) is 0 Å². The summed E-state index contributed by atoms with van der Waals surface area (Å²) in [7, 11) is 1.62. The predicted molar refractivity (Wildman–Crippen MR) is 127 cm³/mol. The summed E-state index contributed by atoms with van der Waals surface area (Å²) in [4.78, 5) is 25.5. The van der Waals surface area contributed by atoms with Crippen molar-refractivity contribution in [2.24, 2.45) is 40.4 Å².